The number of carboxylic acid groups (broad SMARTS) is 1. The molecule has 0 amide bonds. The second-order valence-electron chi connectivity index (χ2n) is 7.62. The van der Waals surface area contributed by atoms with Crippen molar-refractivity contribution < 1.29 is 19.4 Å². The Balaban J connectivity index is 2.05. The number of methoxy groups -OCH3 is 2. The molecule has 1 aromatic carbocycles. The second-order valence-corrected chi connectivity index (χ2v) is 7.62. The van der Waals surface area contributed by atoms with E-state index >= 15 is 0 Å². The van der Waals surface area contributed by atoms with Gasteiger partial charge in [0, 0.05) is 22.7 Å². The zero-order valence-electron chi connectivity index (χ0n) is 17.9. The van der Waals surface area contributed by atoms with Crippen molar-refractivity contribution in [1.29, 1.82) is 5.26 Å². The summed E-state index contributed by atoms with van der Waals surface area (Å²) in [5.74, 6) is 0.315. The maximum absolute atomic E-state index is 11.3. The Kier molecular flexibility index (Phi) is 5.15. The fourth-order valence-corrected chi connectivity index (χ4v) is 4.69. The molecule has 0 spiro atoms. The lowest BCUT2D eigenvalue weighted by Gasteiger charge is -2.19. The summed E-state index contributed by atoms with van der Waals surface area (Å²) in [6, 6.07) is 8.00. The molecule has 1 unspecified atom stereocenters. The summed E-state index contributed by atoms with van der Waals surface area (Å²) in [4.78, 5) is 16.0. The third kappa shape index (κ3) is 3.21. The molecular weight excluding hydrogens is 394 g/mol. The van der Waals surface area contributed by atoms with Crippen LogP contribution in [0, 0.1) is 25.2 Å². The van der Waals surface area contributed by atoms with Gasteiger partial charge in [0.15, 0.2) is 11.5 Å². The number of carbonyl (C=O) groups is 1. The fraction of sp³-hybridized carbons (Fsp3) is 0.292. The summed E-state index contributed by atoms with van der Waals surface area (Å²) >= 11 is 0. The zero-order valence-corrected chi connectivity index (χ0v) is 17.9. The van der Waals surface area contributed by atoms with Crippen LogP contribution < -0.4 is 9.47 Å². The van der Waals surface area contributed by atoms with Crippen molar-refractivity contribution in [1.82, 2.24) is 9.55 Å². The minimum atomic E-state index is -1.07. The van der Waals surface area contributed by atoms with Crippen LogP contribution in [0.5, 0.6) is 11.5 Å². The van der Waals surface area contributed by atoms with Gasteiger partial charge in [-0.15, -0.1) is 0 Å². The van der Waals surface area contributed by atoms with Crippen molar-refractivity contribution in [3.8, 4) is 17.6 Å². The summed E-state index contributed by atoms with van der Waals surface area (Å²) < 4.78 is 13.1. The highest BCUT2D eigenvalue weighted by molar-refractivity contribution is 5.94. The number of nitriles is 1. The number of aliphatic carboxylic acids is 1. The molecule has 1 N–H and O–H groups in total. The Morgan fingerprint density at radius 1 is 1.32 bits per heavy atom. The molecule has 1 aliphatic carbocycles. The predicted octanol–water partition coefficient (Wildman–Crippen LogP) is 4.18. The molecule has 7 heteroatoms. The monoisotopic (exact) mass is 417 g/mol. The molecule has 1 atom stereocenters. The summed E-state index contributed by atoms with van der Waals surface area (Å²) in [6.07, 6.45) is 4.11. The van der Waals surface area contributed by atoms with Gasteiger partial charge < -0.3 is 19.1 Å². The van der Waals surface area contributed by atoms with Crippen LogP contribution in [0.15, 0.2) is 24.3 Å². The molecule has 1 aliphatic rings. The van der Waals surface area contributed by atoms with Crippen LogP contribution in [0.25, 0.3) is 17.1 Å². The van der Waals surface area contributed by atoms with Gasteiger partial charge in [0.25, 0.3) is 0 Å². The van der Waals surface area contributed by atoms with Gasteiger partial charge in [-0.2, -0.15) is 5.26 Å². The number of nitrogens with zero attached hydrogens (tertiary/aromatic N) is 3. The van der Waals surface area contributed by atoms with Crippen molar-refractivity contribution in [3.05, 3.63) is 57.9 Å². The highest BCUT2D eigenvalue weighted by Gasteiger charge is 2.32. The maximum Gasteiger partial charge on any atom is 0.328 e. The lowest BCUT2D eigenvalue weighted by Crippen LogP contribution is -2.11. The van der Waals surface area contributed by atoms with Gasteiger partial charge in [0.05, 0.1) is 31.5 Å². The molecule has 0 aliphatic heterocycles. The number of aryl methyl sites for hydroxylation is 2. The number of benzene rings is 1. The Hall–Kier alpha value is -3.79. The van der Waals surface area contributed by atoms with Crippen LogP contribution >= 0.6 is 0 Å². The van der Waals surface area contributed by atoms with Crippen molar-refractivity contribution >= 4 is 23.1 Å². The average molecular weight is 417 g/mol. The van der Waals surface area contributed by atoms with Gasteiger partial charge in [-0.25, -0.2) is 9.78 Å². The summed E-state index contributed by atoms with van der Waals surface area (Å²) in [6.45, 7) is 3.86. The Labute approximate surface area is 180 Å². The standard InChI is InChI=1S/C24H23N3O4/c1-13-11-14(2)26-24-22(13)17(12-25)19(8-10-21(28)29)27(24)18-7-5-16-15(18)6-9-20(30-3)23(16)31-4/h6,8-11,18H,5,7H2,1-4H3,(H,28,29). The van der Waals surface area contributed by atoms with E-state index in [-0.39, 0.29) is 6.04 Å². The largest absolute Gasteiger partial charge is 0.493 e. The molecule has 31 heavy (non-hydrogen) atoms. The molecule has 0 saturated carbocycles. The fourth-order valence-electron chi connectivity index (χ4n) is 4.69. The van der Waals surface area contributed by atoms with Gasteiger partial charge in [-0.3, -0.25) is 0 Å². The minimum Gasteiger partial charge on any atom is -0.493 e. The minimum absolute atomic E-state index is 0.110. The molecule has 0 fully saturated rings. The molecule has 0 bridgehead atoms. The summed E-state index contributed by atoms with van der Waals surface area (Å²) in [5, 5.41) is 20.0. The Morgan fingerprint density at radius 2 is 2.10 bits per heavy atom. The first-order chi connectivity index (χ1) is 14.9. The Morgan fingerprint density at radius 3 is 2.74 bits per heavy atom. The highest BCUT2D eigenvalue weighted by Crippen LogP contribution is 2.46. The van der Waals surface area contributed by atoms with Crippen molar-refractivity contribution in [2.45, 2.75) is 32.7 Å². The third-order valence-electron chi connectivity index (χ3n) is 5.84. The van der Waals surface area contributed by atoms with E-state index in [9.17, 15) is 15.2 Å². The Bertz CT molecular complexity index is 1280. The molecule has 2 aromatic heterocycles. The van der Waals surface area contributed by atoms with E-state index in [1.165, 1.54) is 6.08 Å². The van der Waals surface area contributed by atoms with Crippen LogP contribution in [-0.4, -0.2) is 34.8 Å². The van der Waals surface area contributed by atoms with E-state index in [4.69, 9.17) is 14.5 Å². The molecule has 2 heterocycles. The van der Waals surface area contributed by atoms with E-state index < -0.39 is 5.97 Å². The van der Waals surface area contributed by atoms with Gasteiger partial charge in [-0.1, -0.05) is 6.07 Å². The highest BCUT2D eigenvalue weighted by atomic mass is 16.5. The average Bonchev–Trinajstić information content (AvgIpc) is 3.29. The quantitative estimate of drug-likeness (QED) is 0.626. The van der Waals surface area contributed by atoms with E-state index in [1.54, 1.807) is 14.2 Å². The smallest absolute Gasteiger partial charge is 0.328 e. The van der Waals surface area contributed by atoms with Crippen LogP contribution in [0.2, 0.25) is 0 Å². The molecule has 0 saturated heterocycles. The number of aromatic nitrogens is 2. The van der Waals surface area contributed by atoms with Gasteiger partial charge in [-0.05, 0) is 56.0 Å². The van der Waals surface area contributed by atoms with E-state index in [0.29, 0.717) is 28.4 Å². The first-order valence-electron chi connectivity index (χ1n) is 9.98. The van der Waals surface area contributed by atoms with Crippen molar-refractivity contribution in [3.63, 3.8) is 0 Å². The van der Waals surface area contributed by atoms with E-state index in [1.807, 2.05) is 36.6 Å². The second kappa shape index (κ2) is 7.80. The number of ether oxygens (including phenoxy) is 2. The van der Waals surface area contributed by atoms with Crippen LogP contribution in [0.1, 0.15) is 46.1 Å². The molecule has 158 valence electrons. The third-order valence-corrected chi connectivity index (χ3v) is 5.84. The lowest BCUT2D eigenvalue weighted by atomic mass is 10.1. The lowest BCUT2D eigenvalue weighted by molar-refractivity contribution is -0.131. The maximum atomic E-state index is 11.3. The first kappa shape index (κ1) is 20.5. The molecule has 7 nitrogen and oxygen atoms in total. The van der Waals surface area contributed by atoms with Crippen molar-refractivity contribution in [2.75, 3.05) is 14.2 Å². The summed E-state index contributed by atoms with van der Waals surface area (Å²) in [5.41, 5.74) is 5.57. The van der Waals surface area contributed by atoms with Gasteiger partial charge in [0.1, 0.15) is 11.7 Å². The molecular formula is C24H23N3O4. The zero-order chi connectivity index (χ0) is 22.3. The van der Waals surface area contributed by atoms with Crippen LogP contribution in [0.4, 0.5) is 0 Å². The molecule has 4 rings (SSSR count). The molecule has 3 aromatic rings. The number of fused-ring (bicyclic) bond motifs is 2. The summed E-state index contributed by atoms with van der Waals surface area (Å²) in [7, 11) is 3.24. The van der Waals surface area contributed by atoms with Crippen molar-refractivity contribution in [2.24, 2.45) is 0 Å². The van der Waals surface area contributed by atoms with E-state index in [2.05, 4.69) is 6.07 Å². The number of pyridine rings is 1. The number of rotatable bonds is 5. The number of hydrogen-bond acceptors (Lipinski definition) is 5. The van der Waals surface area contributed by atoms with Crippen LogP contribution in [-0.2, 0) is 11.2 Å². The number of carboxylic acids is 1. The SMILES string of the molecule is COc1ccc2c(c1OC)CCC2n1c(C=CC(=O)O)c(C#N)c2c(C)cc(C)nc21. The van der Waals surface area contributed by atoms with Gasteiger partial charge >= 0.3 is 5.97 Å². The topological polar surface area (TPSA) is 97.4 Å². The van der Waals surface area contributed by atoms with Crippen LogP contribution in [0.3, 0.4) is 0 Å². The normalized spacial score (nSPS) is 15.3. The van der Waals surface area contributed by atoms with Gasteiger partial charge in [0.2, 0.25) is 0 Å². The number of hydrogen-bond donors (Lipinski definition) is 1. The van der Waals surface area contributed by atoms with E-state index in [0.717, 1.165) is 46.7 Å². The molecule has 0 radical (unpaired) electrons. The predicted molar refractivity (Wildman–Crippen MR) is 117 cm³/mol. The first-order valence-corrected chi connectivity index (χ1v) is 9.98.